The van der Waals surface area contributed by atoms with E-state index in [0.29, 0.717) is 5.92 Å². The van der Waals surface area contributed by atoms with Crippen LogP contribution < -0.4 is 0 Å². The highest BCUT2D eigenvalue weighted by Crippen LogP contribution is 2.23. The number of furan rings is 1. The third-order valence-electron chi connectivity index (χ3n) is 2.12. The molecule has 1 aliphatic rings. The van der Waals surface area contributed by atoms with Crippen LogP contribution in [0.15, 0.2) is 41.0 Å². The van der Waals surface area contributed by atoms with E-state index in [9.17, 15) is 0 Å². The fourth-order valence-corrected chi connectivity index (χ4v) is 1.35. The van der Waals surface area contributed by atoms with Crippen molar-refractivity contribution < 1.29 is 4.42 Å². The summed E-state index contributed by atoms with van der Waals surface area (Å²) in [6, 6.07) is 3.91. The first kappa shape index (κ1) is 7.41. The van der Waals surface area contributed by atoms with Gasteiger partial charge < -0.3 is 4.42 Å². The molecule has 0 amide bonds. The van der Waals surface area contributed by atoms with E-state index < -0.39 is 0 Å². The van der Waals surface area contributed by atoms with Crippen LogP contribution in [0.3, 0.4) is 0 Å². The Morgan fingerprint density at radius 2 is 2.42 bits per heavy atom. The van der Waals surface area contributed by atoms with Crippen molar-refractivity contribution in [2.24, 2.45) is 5.92 Å². The van der Waals surface area contributed by atoms with Gasteiger partial charge in [0.25, 0.3) is 0 Å². The second kappa shape index (κ2) is 3.02. The van der Waals surface area contributed by atoms with Crippen molar-refractivity contribution in [3.63, 3.8) is 0 Å². The van der Waals surface area contributed by atoms with Crippen LogP contribution in [-0.4, -0.2) is 0 Å². The number of rotatable bonds is 1. The number of allylic oxidation sites excluding steroid dienone is 4. The molecule has 0 fully saturated rings. The van der Waals surface area contributed by atoms with Gasteiger partial charge >= 0.3 is 0 Å². The first-order valence-electron chi connectivity index (χ1n) is 4.28. The van der Waals surface area contributed by atoms with E-state index in [1.807, 2.05) is 12.1 Å². The standard InChI is InChI=1S/C11H12O/c1-9-4-6-10(7-5-9)11-3-2-8-12-11/h2-4,6-9H,5H2,1H3. The lowest BCUT2D eigenvalue weighted by Gasteiger charge is -2.09. The molecule has 1 heterocycles. The van der Waals surface area contributed by atoms with E-state index in [2.05, 4.69) is 25.2 Å². The summed E-state index contributed by atoms with van der Waals surface area (Å²) in [4.78, 5) is 0. The van der Waals surface area contributed by atoms with Gasteiger partial charge in [-0.25, -0.2) is 0 Å². The zero-order valence-electron chi connectivity index (χ0n) is 7.16. The predicted molar refractivity (Wildman–Crippen MR) is 49.6 cm³/mol. The van der Waals surface area contributed by atoms with Crippen molar-refractivity contribution in [1.82, 2.24) is 0 Å². The summed E-state index contributed by atoms with van der Waals surface area (Å²) < 4.78 is 5.29. The molecule has 1 aromatic rings. The van der Waals surface area contributed by atoms with Gasteiger partial charge in [0.2, 0.25) is 0 Å². The van der Waals surface area contributed by atoms with E-state index in [1.165, 1.54) is 5.57 Å². The molecule has 1 aromatic heterocycles. The van der Waals surface area contributed by atoms with E-state index in [0.717, 1.165) is 12.2 Å². The fourth-order valence-electron chi connectivity index (χ4n) is 1.35. The Bertz CT molecular complexity index is 304. The minimum atomic E-state index is 0.670. The molecule has 0 spiro atoms. The Morgan fingerprint density at radius 3 is 3.00 bits per heavy atom. The number of hydrogen-bond donors (Lipinski definition) is 0. The summed E-state index contributed by atoms with van der Waals surface area (Å²) >= 11 is 0. The van der Waals surface area contributed by atoms with Gasteiger partial charge in [0.1, 0.15) is 5.76 Å². The normalized spacial score (nSPS) is 22.4. The summed E-state index contributed by atoms with van der Waals surface area (Å²) in [7, 11) is 0. The Kier molecular flexibility index (Phi) is 1.86. The van der Waals surface area contributed by atoms with Gasteiger partial charge in [-0.1, -0.05) is 25.2 Å². The average Bonchev–Trinajstić information content (AvgIpc) is 2.58. The molecule has 0 saturated heterocycles. The Labute approximate surface area is 72.4 Å². The van der Waals surface area contributed by atoms with Crippen LogP contribution >= 0.6 is 0 Å². The predicted octanol–water partition coefficient (Wildman–Crippen LogP) is 3.26. The number of hydrogen-bond acceptors (Lipinski definition) is 1. The monoisotopic (exact) mass is 160 g/mol. The van der Waals surface area contributed by atoms with E-state index >= 15 is 0 Å². The molecule has 1 nitrogen and oxygen atoms in total. The molecule has 0 bridgehead atoms. The van der Waals surface area contributed by atoms with Gasteiger partial charge in [0, 0.05) is 5.57 Å². The summed E-state index contributed by atoms with van der Waals surface area (Å²) in [6.07, 6.45) is 9.41. The molecule has 1 aliphatic carbocycles. The van der Waals surface area contributed by atoms with Crippen molar-refractivity contribution in [2.45, 2.75) is 13.3 Å². The average molecular weight is 160 g/mol. The zero-order chi connectivity index (χ0) is 8.39. The summed E-state index contributed by atoms with van der Waals surface area (Å²) in [5, 5.41) is 0. The van der Waals surface area contributed by atoms with E-state index in [1.54, 1.807) is 6.26 Å². The third-order valence-corrected chi connectivity index (χ3v) is 2.12. The van der Waals surface area contributed by atoms with Crippen LogP contribution in [0.5, 0.6) is 0 Å². The molecule has 1 atom stereocenters. The molecule has 1 heteroatoms. The van der Waals surface area contributed by atoms with E-state index in [4.69, 9.17) is 4.42 Å². The minimum absolute atomic E-state index is 0.670. The second-order valence-electron chi connectivity index (χ2n) is 3.21. The first-order valence-corrected chi connectivity index (χ1v) is 4.28. The van der Waals surface area contributed by atoms with Crippen molar-refractivity contribution in [1.29, 1.82) is 0 Å². The Morgan fingerprint density at radius 1 is 1.50 bits per heavy atom. The highest BCUT2D eigenvalue weighted by Gasteiger charge is 2.06. The van der Waals surface area contributed by atoms with Gasteiger partial charge in [-0.05, 0) is 24.5 Å². The molecule has 0 radical (unpaired) electrons. The second-order valence-corrected chi connectivity index (χ2v) is 3.21. The van der Waals surface area contributed by atoms with Crippen molar-refractivity contribution in [3.8, 4) is 0 Å². The smallest absolute Gasteiger partial charge is 0.133 e. The van der Waals surface area contributed by atoms with Crippen LogP contribution in [0.25, 0.3) is 5.57 Å². The van der Waals surface area contributed by atoms with Crippen molar-refractivity contribution in [2.75, 3.05) is 0 Å². The lowest BCUT2D eigenvalue weighted by molar-refractivity contribution is 0.553. The van der Waals surface area contributed by atoms with Crippen LogP contribution in [0, 0.1) is 5.92 Å². The van der Waals surface area contributed by atoms with Crippen molar-refractivity contribution >= 4 is 5.57 Å². The molecule has 0 aliphatic heterocycles. The van der Waals surface area contributed by atoms with Gasteiger partial charge in [0.05, 0.1) is 6.26 Å². The Hall–Kier alpha value is -1.24. The minimum Gasteiger partial charge on any atom is -0.464 e. The maximum Gasteiger partial charge on any atom is 0.133 e. The highest BCUT2D eigenvalue weighted by atomic mass is 16.3. The summed E-state index contributed by atoms with van der Waals surface area (Å²) in [6.45, 7) is 2.21. The largest absolute Gasteiger partial charge is 0.464 e. The van der Waals surface area contributed by atoms with Gasteiger partial charge in [-0.15, -0.1) is 0 Å². The fraction of sp³-hybridized carbons (Fsp3) is 0.273. The van der Waals surface area contributed by atoms with E-state index in [-0.39, 0.29) is 0 Å². The van der Waals surface area contributed by atoms with Gasteiger partial charge in [0.15, 0.2) is 0 Å². The molecule has 62 valence electrons. The third kappa shape index (κ3) is 1.35. The SMILES string of the molecule is CC1C=CC(c2ccco2)=CC1. The molecule has 0 aromatic carbocycles. The molecule has 1 unspecified atom stereocenters. The van der Waals surface area contributed by atoms with Crippen molar-refractivity contribution in [3.05, 3.63) is 42.4 Å². The van der Waals surface area contributed by atoms with Gasteiger partial charge in [-0.2, -0.15) is 0 Å². The van der Waals surface area contributed by atoms with Crippen LogP contribution in [-0.2, 0) is 0 Å². The van der Waals surface area contributed by atoms with Gasteiger partial charge in [-0.3, -0.25) is 0 Å². The summed E-state index contributed by atoms with van der Waals surface area (Å²) in [5.74, 6) is 1.64. The van der Waals surface area contributed by atoms with Crippen LogP contribution in [0.1, 0.15) is 19.1 Å². The zero-order valence-corrected chi connectivity index (χ0v) is 7.16. The molecule has 0 N–H and O–H groups in total. The molecular formula is C11H12O. The quantitative estimate of drug-likeness (QED) is 0.614. The topological polar surface area (TPSA) is 13.1 Å². The highest BCUT2D eigenvalue weighted by molar-refractivity contribution is 5.71. The molecule has 12 heavy (non-hydrogen) atoms. The van der Waals surface area contributed by atoms with Crippen LogP contribution in [0.2, 0.25) is 0 Å². The molecule has 2 rings (SSSR count). The molecule has 0 saturated carbocycles. The lowest BCUT2D eigenvalue weighted by atomic mass is 9.97. The maximum atomic E-state index is 5.29. The van der Waals surface area contributed by atoms with Crippen LogP contribution in [0.4, 0.5) is 0 Å². The molecular weight excluding hydrogens is 148 g/mol. The maximum absolute atomic E-state index is 5.29. The Balaban J connectivity index is 2.23. The lowest BCUT2D eigenvalue weighted by Crippen LogP contribution is -1.92. The first-order chi connectivity index (χ1) is 5.86. The summed E-state index contributed by atoms with van der Waals surface area (Å²) in [5.41, 5.74) is 1.21.